The van der Waals surface area contributed by atoms with Crippen LogP contribution < -0.4 is 0 Å². The molecule has 3 nitrogen and oxygen atoms in total. The third-order valence-electron chi connectivity index (χ3n) is 2.28. The van der Waals surface area contributed by atoms with E-state index in [0.29, 0.717) is 0 Å². The Morgan fingerprint density at radius 1 is 1.42 bits per heavy atom. The molecule has 0 spiro atoms. The zero-order valence-corrected chi connectivity index (χ0v) is 7.67. The maximum atomic E-state index is 10.7. The van der Waals surface area contributed by atoms with E-state index in [9.17, 15) is 4.79 Å². The zero-order valence-electron chi connectivity index (χ0n) is 7.67. The van der Waals surface area contributed by atoms with Gasteiger partial charge < -0.3 is 9.84 Å². The van der Waals surface area contributed by atoms with E-state index in [1.807, 2.05) is 0 Å². The van der Waals surface area contributed by atoms with Crippen LogP contribution in [0.5, 0.6) is 0 Å². The first kappa shape index (κ1) is 9.52. The maximum Gasteiger partial charge on any atom is 0.335 e. The van der Waals surface area contributed by atoms with Gasteiger partial charge in [-0.15, -0.1) is 0 Å². The van der Waals surface area contributed by atoms with E-state index in [-0.39, 0.29) is 6.10 Å². The predicted octanol–water partition coefficient (Wildman–Crippen LogP) is 1.81. The molecule has 1 rings (SSSR count). The van der Waals surface area contributed by atoms with Crippen LogP contribution in [0.3, 0.4) is 0 Å². The van der Waals surface area contributed by atoms with Gasteiger partial charge in [-0.25, -0.2) is 4.79 Å². The molecular weight excluding hydrogens is 156 g/mol. The lowest BCUT2D eigenvalue weighted by molar-refractivity contribution is -0.167. The van der Waals surface area contributed by atoms with Crippen molar-refractivity contribution < 1.29 is 14.6 Å². The van der Waals surface area contributed by atoms with Crippen LogP contribution in [0.15, 0.2) is 0 Å². The molecule has 70 valence electrons. The first-order chi connectivity index (χ1) is 5.52. The monoisotopic (exact) mass is 172 g/mol. The van der Waals surface area contributed by atoms with Gasteiger partial charge in [0.05, 0.1) is 6.10 Å². The van der Waals surface area contributed by atoms with Gasteiger partial charge in [-0.05, 0) is 26.7 Å². The second-order valence-corrected chi connectivity index (χ2v) is 3.84. The number of carboxylic acids is 1. The standard InChI is InChI=1S/C9H16O3/c1-9(2,8(10)11)12-7-5-3-4-6-7/h7H,3-6H2,1-2H3,(H,10,11). The molecule has 0 amide bonds. The van der Waals surface area contributed by atoms with E-state index in [1.165, 1.54) is 12.8 Å². The van der Waals surface area contributed by atoms with Gasteiger partial charge in [0.2, 0.25) is 0 Å². The molecule has 1 N–H and O–H groups in total. The Kier molecular flexibility index (Phi) is 2.73. The lowest BCUT2D eigenvalue weighted by Gasteiger charge is -2.24. The second kappa shape index (κ2) is 3.44. The lowest BCUT2D eigenvalue weighted by Crippen LogP contribution is -2.37. The number of hydrogen-bond donors (Lipinski definition) is 1. The van der Waals surface area contributed by atoms with Crippen LogP contribution in [0.1, 0.15) is 39.5 Å². The molecule has 0 saturated heterocycles. The van der Waals surface area contributed by atoms with Crippen LogP contribution in [0, 0.1) is 0 Å². The topological polar surface area (TPSA) is 46.5 Å². The Hall–Kier alpha value is -0.570. The number of carbonyl (C=O) groups is 1. The first-order valence-corrected chi connectivity index (χ1v) is 4.43. The summed E-state index contributed by atoms with van der Waals surface area (Å²) in [6.45, 7) is 3.21. The number of carboxylic acid groups (broad SMARTS) is 1. The fourth-order valence-corrected chi connectivity index (χ4v) is 1.47. The number of hydrogen-bond acceptors (Lipinski definition) is 2. The average Bonchev–Trinajstić information content (AvgIpc) is 2.38. The van der Waals surface area contributed by atoms with Crippen molar-refractivity contribution in [2.24, 2.45) is 0 Å². The van der Waals surface area contributed by atoms with Crippen LogP contribution >= 0.6 is 0 Å². The van der Waals surface area contributed by atoms with Crippen LogP contribution in [-0.4, -0.2) is 22.8 Å². The fourth-order valence-electron chi connectivity index (χ4n) is 1.47. The van der Waals surface area contributed by atoms with Crippen molar-refractivity contribution in [3.63, 3.8) is 0 Å². The Bertz CT molecular complexity index is 169. The molecule has 0 radical (unpaired) electrons. The maximum absolute atomic E-state index is 10.7. The van der Waals surface area contributed by atoms with Gasteiger partial charge >= 0.3 is 5.97 Å². The summed E-state index contributed by atoms with van der Waals surface area (Å²) in [6.07, 6.45) is 4.52. The zero-order chi connectivity index (χ0) is 9.19. The molecule has 0 aliphatic heterocycles. The number of ether oxygens (including phenoxy) is 1. The summed E-state index contributed by atoms with van der Waals surface area (Å²) >= 11 is 0. The van der Waals surface area contributed by atoms with Gasteiger partial charge in [0.15, 0.2) is 5.60 Å². The molecule has 0 heterocycles. The quantitative estimate of drug-likeness (QED) is 0.706. The lowest BCUT2D eigenvalue weighted by atomic mass is 10.1. The molecule has 1 fully saturated rings. The van der Waals surface area contributed by atoms with E-state index in [0.717, 1.165) is 12.8 Å². The molecular formula is C9H16O3. The molecule has 3 heteroatoms. The fraction of sp³-hybridized carbons (Fsp3) is 0.889. The number of aliphatic carboxylic acids is 1. The van der Waals surface area contributed by atoms with Gasteiger partial charge in [-0.3, -0.25) is 0 Å². The van der Waals surface area contributed by atoms with E-state index < -0.39 is 11.6 Å². The average molecular weight is 172 g/mol. The van der Waals surface area contributed by atoms with Crippen LogP contribution in [-0.2, 0) is 9.53 Å². The summed E-state index contributed by atoms with van der Waals surface area (Å²) in [6, 6.07) is 0. The van der Waals surface area contributed by atoms with E-state index in [4.69, 9.17) is 9.84 Å². The summed E-state index contributed by atoms with van der Waals surface area (Å²) in [7, 11) is 0. The highest BCUT2D eigenvalue weighted by molar-refractivity contribution is 5.76. The molecule has 0 bridgehead atoms. The molecule has 0 aromatic rings. The molecule has 12 heavy (non-hydrogen) atoms. The SMILES string of the molecule is CC(C)(OC1CCCC1)C(=O)O. The van der Waals surface area contributed by atoms with Gasteiger partial charge in [0.1, 0.15) is 0 Å². The van der Waals surface area contributed by atoms with Crippen molar-refractivity contribution in [1.82, 2.24) is 0 Å². The Balaban J connectivity index is 2.42. The summed E-state index contributed by atoms with van der Waals surface area (Å²) in [5, 5.41) is 8.78. The molecule has 1 saturated carbocycles. The minimum atomic E-state index is -1.02. The molecule has 0 atom stereocenters. The van der Waals surface area contributed by atoms with E-state index in [2.05, 4.69) is 0 Å². The highest BCUT2D eigenvalue weighted by atomic mass is 16.5. The van der Waals surface area contributed by atoms with Crippen LogP contribution in [0.25, 0.3) is 0 Å². The Labute approximate surface area is 72.7 Å². The largest absolute Gasteiger partial charge is 0.479 e. The van der Waals surface area contributed by atoms with E-state index >= 15 is 0 Å². The number of rotatable bonds is 3. The molecule has 0 aromatic carbocycles. The van der Waals surface area contributed by atoms with Crippen LogP contribution in [0.2, 0.25) is 0 Å². The van der Waals surface area contributed by atoms with Gasteiger partial charge in [0.25, 0.3) is 0 Å². The molecule has 0 unspecified atom stereocenters. The molecule has 1 aliphatic carbocycles. The summed E-state index contributed by atoms with van der Waals surface area (Å²) in [4.78, 5) is 10.7. The Morgan fingerprint density at radius 3 is 2.33 bits per heavy atom. The van der Waals surface area contributed by atoms with Gasteiger partial charge in [0, 0.05) is 0 Å². The first-order valence-electron chi connectivity index (χ1n) is 4.43. The Morgan fingerprint density at radius 2 is 1.92 bits per heavy atom. The van der Waals surface area contributed by atoms with Crippen molar-refractivity contribution >= 4 is 5.97 Å². The third kappa shape index (κ3) is 2.21. The van der Waals surface area contributed by atoms with Crippen molar-refractivity contribution in [3.05, 3.63) is 0 Å². The minimum Gasteiger partial charge on any atom is -0.479 e. The summed E-state index contributed by atoms with van der Waals surface area (Å²) < 4.78 is 5.46. The van der Waals surface area contributed by atoms with Gasteiger partial charge in [-0.1, -0.05) is 12.8 Å². The van der Waals surface area contributed by atoms with Crippen molar-refractivity contribution in [1.29, 1.82) is 0 Å². The van der Waals surface area contributed by atoms with Gasteiger partial charge in [-0.2, -0.15) is 0 Å². The van der Waals surface area contributed by atoms with Crippen molar-refractivity contribution in [2.75, 3.05) is 0 Å². The van der Waals surface area contributed by atoms with E-state index in [1.54, 1.807) is 13.8 Å². The molecule has 0 aromatic heterocycles. The third-order valence-corrected chi connectivity index (χ3v) is 2.28. The normalized spacial score (nSPS) is 19.8. The van der Waals surface area contributed by atoms with Crippen molar-refractivity contribution in [2.45, 2.75) is 51.2 Å². The van der Waals surface area contributed by atoms with Crippen molar-refractivity contribution in [3.8, 4) is 0 Å². The predicted molar refractivity (Wildman–Crippen MR) is 45.1 cm³/mol. The smallest absolute Gasteiger partial charge is 0.335 e. The molecule has 1 aliphatic rings. The highest BCUT2D eigenvalue weighted by Crippen LogP contribution is 2.25. The highest BCUT2D eigenvalue weighted by Gasteiger charge is 2.32. The second-order valence-electron chi connectivity index (χ2n) is 3.84. The van der Waals surface area contributed by atoms with Crippen LogP contribution in [0.4, 0.5) is 0 Å². The minimum absolute atomic E-state index is 0.163. The summed E-state index contributed by atoms with van der Waals surface area (Å²) in [5.74, 6) is -0.880. The summed E-state index contributed by atoms with van der Waals surface area (Å²) in [5.41, 5.74) is -1.02.